The van der Waals surface area contributed by atoms with Crippen LogP contribution in [0.1, 0.15) is 347 Å². The Hall–Kier alpha value is -2.87. The van der Waals surface area contributed by atoms with E-state index in [9.17, 15) is 0 Å². The van der Waals surface area contributed by atoms with Crippen molar-refractivity contribution in [3.63, 3.8) is 0 Å². The predicted molar refractivity (Wildman–Crippen MR) is 343 cm³/mol. The van der Waals surface area contributed by atoms with Gasteiger partial charge in [-0.25, -0.2) is 4.99 Å². The summed E-state index contributed by atoms with van der Waals surface area (Å²) < 4.78 is 0. The number of para-hydroxylation sites is 2. The number of nitrogens with zero attached hydrogens (tertiary/aromatic N) is 2. The van der Waals surface area contributed by atoms with Gasteiger partial charge in [-0.05, 0) is 93.5 Å². The van der Waals surface area contributed by atoms with Crippen LogP contribution < -0.4 is 0 Å². The number of aliphatic imine (C=N–C) groups is 2. The molecule has 0 saturated carbocycles. The van der Waals surface area contributed by atoms with Crippen LogP contribution in [-0.4, -0.2) is 11.4 Å². The molecule has 0 unspecified atom stereocenters. The second kappa shape index (κ2) is 57.8. The Morgan fingerprint density at radius 3 is 1.00 bits per heavy atom. The zero-order valence-corrected chi connectivity index (χ0v) is 52.3. The molecule has 438 valence electrons. The molecular weight excluding hydrogens is 976 g/mol. The van der Waals surface area contributed by atoms with E-state index in [0.717, 1.165) is 99.8 Å². The molecule has 0 bridgehead atoms. The van der Waals surface area contributed by atoms with E-state index in [-0.39, 0.29) is 16.5 Å². The Bertz CT molecular complexity index is 1810. The molecule has 0 radical (unpaired) electrons. The van der Waals surface area contributed by atoms with E-state index in [0.29, 0.717) is 0 Å². The number of rotatable bonds is 52. The van der Waals surface area contributed by atoms with E-state index in [1.165, 1.54) is 255 Å². The van der Waals surface area contributed by atoms with E-state index >= 15 is 0 Å². The molecule has 0 fully saturated rings. The molecule has 3 heteroatoms. The van der Waals surface area contributed by atoms with Crippen molar-refractivity contribution < 1.29 is 16.5 Å². The third-order valence-electron chi connectivity index (χ3n) is 15.6. The van der Waals surface area contributed by atoms with E-state index in [4.69, 9.17) is 9.98 Å². The van der Waals surface area contributed by atoms with E-state index in [1.807, 2.05) is 0 Å². The summed E-state index contributed by atoms with van der Waals surface area (Å²) in [6.45, 7) is 9.21. The van der Waals surface area contributed by atoms with Crippen LogP contribution in [-0.2, 0) is 29.3 Å². The molecule has 0 amide bonds. The second-order valence-electron chi connectivity index (χ2n) is 22.9. The first-order chi connectivity index (χ1) is 37.7. The molecule has 0 heterocycles. The van der Waals surface area contributed by atoms with Gasteiger partial charge in [0, 0.05) is 42.2 Å². The summed E-state index contributed by atoms with van der Waals surface area (Å²) in [6, 6.07) is 17.7. The first-order valence-electron chi connectivity index (χ1n) is 33.6. The summed E-state index contributed by atoms with van der Waals surface area (Å²) in [6.07, 6.45) is 70.0. The van der Waals surface area contributed by atoms with Crippen LogP contribution in [0.2, 0.25) is 0 Å². The summed E-state index contributed by atoms with van der Waals surface area (Å²) in [4.78, 5) is 11.1. The summed E-state index contributed by atoms with van der Waals surface area (Å²) in [7, 11) is 0. The normalized spacial score (nSPS) is 11.7. The Morgan fingerprint density at radius 1 is 0.338 bits per heavy atom. The Labute approximate surface area is 490 Å². The number of unbranched alkanes of at least 4 members (excludes halogenated alkanes) is 41. The molecular formula is C74H122N2Ni. The molecule has 2 aromatic rings. The molecule has 0 spiro atoms. The summed E-state index contributed by atoms with van der Waals surface area (Å²) in [5.41, 5.74) is 6.98. The average molecular weight is 1100 g/mol. The number of aryl methyl sites for hydroxylation is 2. The van der Waals surface area contributed by atoms with Crippen molar-refractivity contribution in [2.75, 3.05) is 0 Å². The third kappa shape index (κ3) is 44.6. The molecule has 77 heavy (non-hydrogen) atoms. The fraction of sp³-hybridized carbons (Fsp3) is 0.730. The van der Waals surface area contributed by atoms with Gasteiger partial charge < -0.3 is 0 Å². The van der Waals surface area contributed by atoms with Gasteiger partial charge in [0.1, 0.15) is 0 Å². The van der Waals surface area contributed by atoms with Crippen molar-refractivity contribution in [2.45, 2.75) is 349 Å². The van der Waals surface area contributed by atoms with Gasteiger partial charge >= 0.3 is 0 Å². The standard InChI is InChI=1S/C74H122N2.Ni/c1-5-9-13-16-19-22-25-28-31-34-36-39-42-45-48-51-54-61-69-63-57-59-66-71(69)75-73(65-12-8-4)74(68-56-53-50-47-44-41-38-33-30-27-24-21-18-15-11-7-3)76-72-67-60-58-64-70(72)62-55-52-49-46-43-40-37-35-32-29-26-23-20-17-14-10-6-2;/h56-60,63-64,66-68H,5-44,47,50-55,61-62,65H2,1-4H3;/b68-56+,75-73+,76-74-;. The maximum Gasteiger partial charge on any atom is 0.0848 e. The van der Waals surface area contributed by atoms with Gasteiger partial charge in [-0.1, -0.05) is 301 Å². The molecule has 0 saturated heterocycles. The minimum Gasteiger partial charge on any atom is -0.251 e. The maximum atomic E-state index is 5.54. The minimum absolute atomic E-state index is 0. The number of hydrogen-bond acceptors (Lipinski definition) is 2. The van der Waals surface area contributed by atoms with Gasteiger partial charge in [0.15, 0.2) is 0 Å². The van der Waals surface area contributed by atoms with E-state index in [2.05, 4.69) is 112 Å². The van der Waals surface area contributed by atoms with Crippen LogP contribution in [0.4, 0.5) is 11.4 Å². The smallest absolute Gasteiger partial charge is 0.0848 e. The van der Waals surface area contributed by atoms with Crippen LogP contribution in [0.3, 0.4) is 0 Å². The van der Waals surface area contributed by atoms with E-state index < -0.39 is 0 Å². The number of hydrogen-bond donors (Lipinski definition) is 0. The summed E-state index contributed by atoms with van der Waals surface area (Å²) >= 11 is 0. The topological polar surface area (TPSA) is 24.7 Å². The molecule has 0 aliphatic carbocycles. The Balaban J connectivity index is 0.0000296. The van der Waals surface area contributed by atoms with Crippen molar-refractivity contribution in [1.82, 2.24) is 0 Å². The van der Waals surface area contributed by atoms with Crippen molar-refractivity contribution in [3.05, 3.63) is 71.8 Å². The minimum atomic E-state index is 0. The molecule has 0 atom stereocenters. The molecule has 0 aliphatic heterocycles. The maximum absolute atomic E-state index is 5.54. The average Bonchev–Trinajstić information content (AvgIpc) is 3.44. The first-order valence-corrected chi connectivity index (χ1v) is 33.6. The fourth-order valence-electron chi connectivity index (χ4n) is 10.6. The van der Waals surface area contributed by atoms with Gasteiger partial charge in [0.2, 0.25) is 0 Å². The Morgan fingerprint density at radius 2 is 0.636 bits per heavy atom. The fourth-order valence-corrected chi connectivity index (χ4v) is 10.6. The van der Waals surface area contributed by atoms with E-state index in [1.54, 1.807) is 0 Å². The quantitative estimate of drug-likeness (QED) is 0.0273. The zero-order chi connectivity index (χ0) is 54.1. The largest absolute Gasteiger partial charge is 0.251 e. The van der Waals surface area contributed by atoms with Crippen LogP contribution in [0, 0.1) is 23.7 Å². The van der Waals surface area contributed by atoms with Gasteiger partial charge in [-0.3, -0.25) is 4.99 Å². The summed E-state index contributed by atoms with van der Waals surface area (Å²) in [5.74, 6) is 14.1. The molecule has 2 rings (SSSR count). The molecule has 0 N–H and O–H groups in total. The van der Waals surface area contributed by atoms with Crippen LogP contribution in [0.25, 0.3) is 0 Å². The van der Waals surface area contributed by atoms with Gasteiger partial charge in [0.25, 0.3) is 0 Å². The molecule has 2 nitrogen and oxygen atoms in total. The zero-order valence-electron chi connectivity index (χ0n) is 51.3. The SMILES string of the molecule is CCCCCCCCCCCCCCC#CCCCc1ccccc1/N=C(/C=C/CCCCCCCCCCCCCCCC)C(\CCCC)=N\c1ccccc1CCCC#CCCCCCCCCCCCCCC.[Ni]. The summed E-state index contributed by atoms with van der Waals surface area (Å²) in [5, 5.41) is 0. The van der Waals surface area contributed by atoms with Crippen LogP contribution >= 0.6 is 0 Å². The number of allylic oxidation sites excluding steroid dienone is 2. The van der Waals surface area contributed by atoms with Crippen molar-refractivity contribution >= 4 is 22.8 Å². The van der Waals surface area contributed by atoms with Crippen molar-refractivity contribution in [3.8, 4) is 23.7 Å². The van der Waals surface area contributed by atoms with Crippen molar-refractivity contribution in [2.24, 2.45) is 9.98 Å². The Kier molecular flexibility index (Phi) is 54.2. The van der Waals surface area contributed by atoms with Crippen LogP contribution in [0.15, 0.2) is 70.7 Å². The van der Waals surface area contributed by atoms with Gasteiger partial charge in [0.05, 0.1) is 22.8 Å². The van der Waals surface area contributed by atoms with Crippen molar-refractivity contribution in [1.29, 1.82) is 0 Å². The second-order valence-corrected chi connectivity index (χ2v) is 22.9. The monoisotopic (exact) mass is 1100 g/mol. The van der Waals surface area contributed by atoms with Crippen LogP contribution in [0.5, 0.6) is 0 Å². The third-order valence-corrected chi connectivity index (χ3v) is 15.6. The molecule has 0 aliphatic rings. The van der Waals surface area contributed by atoms with Gasteiger partial charge in [-0.2, -0.15) is 0 Å². The first kappa shape index (κ1) is 72.1. The predicted octanol–water partition coefficient (Wildman–Crippen LogP) is 25.0. The number of benzene rings is 2. The van der Waals surface area contributed by atoms with Gasteiger partial charge in [-0.15, -0.1) is 23.7 Å². The molecule has 0 aromatic heterocycles. The molecule has 2 aromatic carbocycles.